The number of hydrogen-bond acceptors (Lipinski definition) is 5. The normalized spacial score (nSPS) is 11.4. The van der Waals surface area contributed by atoms with Crippen molar-refractivity contribution < 1.29 is 13.2 Å². The molecule has 1 amide bonds. The average Bonchev–Trinajstić information content (AvgIpc) is 2.94. The highest BCUT2D eigenvalue weighted by molar-refractivity contribution is 9.10. The van der Waals surface area contributed by atoms with Crippen LogP contribution in [-0.2, 0) is 10.0 Å². The molecule has 1 aromatic carbocycles. The number of nitrogens with zero attached hydrogens (tertiary/aromatic N) is 2. The lowest BCUT2D eigenvalue weighted by Crippen LogP contribution is -2.45. The van der Waals surface area contributed by atoms with Crippen molar-refractivity contribution in [3.05, 3.63) is 47.0 Å². The van der Waals surface area contributed by atoms with Gasteiger partial charge in [0.1, 0.15) is 5.88 Å². The molecule has 10 heteroatoms. The summed E-state index contributed by atoms with van der Waals surface area (Å²) in [6, 6.07) is 7.28. The summed E-state index contributed by atoms with van der Waals surface area (Å²) in [5.74, 6) is -0.914. The van der Waals surface area contributed by atoms with E-state index >= 15 is 0 Å². The van der Waals surface area contributed by atoms with E-state index in [1.54, 1.807) is 16.8 Å². The Morgan fingerprint density at radius 3 is 2.86 bits per heavy atom. The number of benzene rings is 1. The van der Waals surface area contributed by atoms with E-state index in [1.807, 2.05) is 23.0 Å². The summed E-state index contributed by atoms with van der Waals surface area (Å²) < 4.78 is 25.4. The van der Waals surface area contributed by atoms with Crippen LogP contribution in [0.25, 0.3) is 5.69 Å². The van der Waals surface area contributed by atoms with Crippen LogP contribution in [-0.4, -0.2) is 36.8 Å². The second-order valence-corrected chi connectivity index (χ2v) is 6.91. The summed E-state index contributed by atoms with van der Waals surface area (Å²) in [7, 11) is -2.15. The predicted molar refractivity (Wildman–Crippen MR) is 84.7 cm³/mol. The number of hydrazine groups is 1. The van der Waals surface area contributed by atoms with Gasteiger partial charge >= 0.3 is 5.91 Å². The molecule has 0 spiro atoms. The Hall–Kier alpha value is -1.75. The van der Waals surface area contributed by atoms with Crippen LogP contribution in [0.5, 0.6) is 0 Å². The zero-order chi connectivity index (χ0) is 16.2. The van der Waals surface area contributed by atoms with Gasteiger partial charge < -0.3 is 5.32 Å². The van der Waals surface area contributed by atoms with Crippen LogP contribution >= 0.6 is 15.9 Å². The van der Waals surface area contributed by atoms with Crippen LogP contribution in [0.4, 0.5) is 0 Å². The Bertz CT molecular complexity index is 775. The average molecular weight is 388 g/mol. The van der Waals surface area contributed by atoms with Crippen molar-refractivity contribution in [2.75, 3.05) is 12.9 Å². The van der Waals surface area contributed by atoms with Crippen LogP contribution in [0.2, 0.25) is 0 Å². The molecule has 0 bridgehead atoms. The van der Waals surface area contributed by atoms with Gasteiger partial charge in [0, 0.05) is 22.6 Å². The lowest BCUT2D eigenvalue weighted by atomic mass is 10.3. The second-order valence-electron chi connectivity index (χ2n) is 4.27. The van der Waals surface area contributed by atoms with Crippen molar-refractivity contribution in [1.29, 1.82) is 0 Å². The molecule has 0 radical (unpaired) electrons. The monoisotopic (exact) mass is 387 g/mol. The Labute approximate surface area is 136 Å². The van der Waals surface area contributed by atoms with Gasteiger partial charge in [0.25, 0.3) is 0 Å². The molecule has 3 N–H and O–H groups in total. The van der Waals surface area contributed by atoms with Crippen LogP contribution in [0, 0.1) is 0 Å². The summed E-state index contributed by atoms with van der Waals surface area (Å²) >= 11 is 3.35. The Kier molecular flexibility index (Phi) is 5.29. The Morgan fingerprint density at radius 2 is 2.18 bits per heavy atom. The molecule has 8 nitrogen and oxygen atoms in total. The van der Waals surface area contributed by atoms with Crippen LogP contribution in [0.15, 0.2) is 41.1 Å². The number of sulfonamides is 1. The molecule has 22 heavy (non-hydrogen) atoms. The molecule has 1 aromatic heterocycles. The minimum atomic E-state index is -3.64. The van der Waals surface area contributed by atoms with Gasteiger partial charge in [-0.25, -0.2) is 13.4 Å². The highest BCUT2D eigenvalue weighted by Crippen LogP contribution is 2.16. The first-order valence-corrected chi connectivity index (χ1v) is 8.61. The summed E-state index contributed by atoms with van der Waals surface area (Å²) in [6.45, 7) is 0. The lowest BCUT2D eigenvalue weighted by Gasteiger charge is -2.10. The number of hydrogen-bond donors (Lipinski definition) is 3. The molecule has 1 heterocycles. The number of nitrogens with one attached hydrogen (secondary N) is 3. The molecule has 2 rings (SSSR count). The first-order valence-electron chi connectivity index (χ1n) is 6.16. The van der Waals surface area contributed by atoms with E-state index in [0.717, 1.165) is 10.2 Å². The highest BCUT2D eigenvalue weighted by atomic mass is 79.9. The van der Waals surface area contributed by atoms with Gasteiger partial charge in [0.15, 0.2) is 0 Å². The van der Waals surface area contributed by atoms with Crippen LogP contribution in [0.1, 0.15) is 10.6 Å². The van der Waals surface area contributed by atoms with Crippen LogP contribution in [0.3, 0.4) is 0 Å². The Morgan fingerprint density at radius 1 is 1.41 bits per heavy atom. The van der Waals surface area contributed by atoms with E-state index in [2.05, 4.69) is 31.7 Å². The van der Waals surface area contributed by atoms with E-state index in [4.69, 9.17) is 0 Å². The fourth-order valence-electron chi connectivity index (χ4n) is 1.71. The topological polar surface area (TPSA) is 105 Å². The maximum Gasteiger partial charge on any atom is 0.302 e. The van der Waals surface area contributed by atoms with Gasteiger partial charge in [-0.3, -0.25) is 14.8 Å². The van der Waals surface area contributed by atoms with Crippen LogP contribution < -0.4 is 15.6 Å². The van der Waals surface area contributed by atoms with Crippen molar-refractivity contribution >= 4 is 31.9 Å². The maximum atomic E-state index is 12.1. The smallest absolute Gasteiger partial charge is 0.302 e. The minimum absolute atomic E-state index is 0.0604. The van der Waals surface area contributed by atoms with Gasteiger partial charge in [-0.2, -0.15) is 0 Å². The molecular formula is C12H14BrN5O3S. The molecule has 0 atom stereocenters. The molecular weight excluding hydrogens is 374 g/mol. The first-order chi connectivity index (χ1) is 10.4. The lowest BCUT2D eigenvalue weighted by molar-refractivity contribution is 0.0933. The van der Waals surface area contributed by atoms with E-state index < -0.39 is 15.9 Å². The molecule has 0 saturated heterocycles. The summed E-state index contributed by atoms with van der Waals surface area (Å²) in [6.07, 6.45) is 3.07. The molecule has 0 aliphatic rings. The minimum Gasteiger partial charge on any atom is -0.306 e. The van der Waals surface area contributed by atoms with Gasteiger partial charge in [-0.15, -0.1) is 4.83 Å². The zero-order valence-electron chi connectivity index (χ0n) is 11.6. The van der Waals surface area contributed by atoms with Gasteiger partial charge in [0.2, 0.25) is 15.8 Å². The largest absolute Gasteiger partial charge is 0.306 e. The van der Waals surface area contributed by atoms with Crippen molar-refractivity contribution in [2.24, 2.45) is 0 Å². The van der Waals surface area contributed by atoms with Crippen molar-refractivity contribution in [1.82, 2.24) is 25.1 Å². The van der Waals surface area contributed by atoms with Crippen molar-refractivity contribution in [2.45, 2.75) is 0 Å². The first kappa shape index (κ1) is 16.6. The molecule has 0 unspecified atom stereocenters. The van der Waals surface area contributed by atoms with Crippen molar-refractivity contribution in [3.63, 3.8) is 0 Å². The summed E-state index contributed by atoms with van der Waals surface area (Å²) in [5, 5.41) is 2.48. The number of carbonyl (C=O) groups excluding carboxylic acids is 1. The molecule has 118 valence electrons. The highest BCUT2D eigenvalue weighted by Gasteiger charge is 2.16. The van der Waals surface area contributed by atoms with Crippen molar-refractivity contribution in [3.8, 4) is 5.69 Å². The Balaban J connectivity index is 2.17. The van der Waals surface area contributed by atoms with Gasteiger partial charge in [-0.05, 0) is 25.2 Å². The van der Waals surface area contributed by atoms with Gasteiger partial charge in [-0.1, -0.05) is 22.0 Å². The van der Waals surface area contributed by atoms with E-state index in [0.29, 0.717) is 0 Å². The quantitative estimate of drug-likeness (QED) is 0.621. The number of imidazole rings is 1. The molecule has 0 aliphatic carbocycles. The molecule has 0 fully saturated rings. The number of carbonyl (C=O) groups is 1. The fourth-order valence-corrected chi connectivity index (χ4v) is 2.80. The number of aromatic nitrogens is 2. The molecule has 2 aromatic rings. The SMILES string of the molecule is CNCS(=O)(=O)NNC(=O)c1nccn1-c1cccc(Br)c1. The van der Waals surface area contributed by atoms with E-state index in [9.17, 15) is 13.2 Å². The molecule has 0 aliphatic heterocycles. The van der Waals surface area contributed by atoms with E-state index in [-0.39, 0.29) is 11.7 Å². The third kappa shape index (κ3) is 4.13. The number of rotatable bonds is 6. The standard InChI is InChI=1S/C12H14BrN5O3S/c1-14-8-22(20,21)17-16-12(19)11-15-5-6-18(11)10-4-2-3-9(13)7-10/h2-7,14,17H,8H2,1H3,(H,16,19). The third-order valence-corrected chi connectivity index (χ3v) is 4.16. The van der Waals surface area contributed by atoms with E-state index in [1.165, 1.54) is 13.2 Å². The zero-order valence-corrected chi connectivity index (χ0v) is 14.0. The number of halogens is 1. The maximum absolute atomic E-state index is 12.1. The fraction of sp³-hybridized carbons (Fsp3) is 0.167. The summed E-state index contributed by atoms with van der Waals surface area (Å²) in [4.78, 5) is 18.0. The van der Waals surface area contributed by atoms with Gasteiger partial charge in [0.05, 0.1) is 0 Å². The predicted octanol–water partition coefficient (Wildman–Crippen LogP) is 0.376. The third-order valence-electron chi connectivity index (χ3n) is 2.58. The summed E-state index contributed by atoms with van der Waals surface area (Å²) in [5.41, 5.74) is 2.84. The second kappa shape index (κ2) is 7.01. The number of amides is 1. The molecule has 0 saturated carbocycles.